The van der Waals surface area contributed by atoms with E-state index in [2.05, 4.69) is 25.5 Å². The van der Waals surface area contributed by atoms with Gasteiger partial charge in [0.2, 0.25) is 5.82 Å². The fourth-order valence-corrected chi connectivity index (χ4v) is 1.73. The third-order valence-electron chi connectivity index (χ3n) is 1.87. The number of thiazole rings is 1. The highest BCUT2D eigenvalue weighted by molar-refractivity contribution is 7.07. The predicted octanol–water partition coefficient (Wildman–Crippen LogP) is -0.431. The van der Waals surface area contributed by atoms with Crippen molar-refractivity contribution in [3.63, 3.8) is 0 Å². The number of nitrogens with one attached hydrogen (secondary N) is 3. The molecule has 84 valence electrons. The molecule has 0 radical (unpaired) electrons. The number of H-pyrrole nitrogens is 2. The van der Waals surface area contributed by atoms with Crippen molar-refractivity contribution in [2.24, 2.45) is 0 Å². The molecule has 2 aromatic rings. The Morgan fingerprint density at radius 2 is 2.31 bits per heavy atom. The molecular formula is C8H9N5O2S. The largest absolute Gasteiger partial charge is 0.364 e. The number of hydrogen-bond donors (Lipinski definition) is 3. The second kappa shape index (κ2) is 4.71. The summed E-state index contributed by atoms with van der Waals surface area (Å²) in [5.41, 5.74) is 1.57. The number of hydrogen-bond acceptors (Lipinski definition) is 6. The predicted molar refractivity (Wildman–Crippen MR) is 59.8 cm³/mol. The number of rotatable bonds is 4. The summed E-state index contributed by atoms with van der Waals surface area (Å²) in [6, 6.07) is 0. The van der Waals surface area contributed by atoms with Crippen molar-refractivity contribution in [3.05, 3.63) is 37.4 Å². The van der Waals surface area contributed by atoms with Crippen molar-refractivity contribution in [2.75, 3.05) is 11.9 Å². The highest BCUT2D eigenvalue weighted by Gasteiger charge is 2.01. The molecule has 2 heterocycles. The van der Waals surface area contributed by atoms with Crippen molar-refractivity contribution < 1.29 is 0 Å². The van der Waals surface area contributed by atoms with Gasteiger partial charge in [-0.25, -0.2) is 14.9 Å². The van der Waals surface area contributed by atoms with Crippen LogP contribution in [0.5, 0.6) is 0 Å². The van der Waals surface area contributed by atoms with Crippen molar-refractivity contribution >= 4 is 17.2 Å². The average Bonchev–Trinajstić information content (AvgIpc) is 2.74. The van der Waals surface area contributed by atoms with Gasteiger partial charge in [-0.3, -0.25) is 9.78 Å². The molecule has 0 aliphatic heterocycles. The Labute approximate surface area is 93.6 Å². The van der Waals surface area contributed by atoms with E-state index in [4.69, 9.17) is 0 Å². The van der Waals surface area contributed by atoms with E-state index in [9.17, 15) is 9.59 Å². The Morgan fingerprint density at radius 3 is 3.00 bits per heavy atom. The first-order chi connectivity index (χ1) is 7.75. The molecule has 3 N–H and O–H groups in total. The third kappa shape index (κ3) is 2.54. The van der Waals surface area contributed by atoms with Gasteiger partial charge in [0.15, 0.2) is 0 Å². The summed E-state index contributed by atoms with van der Waals surface area (Å²) in [5, 5.41) is 10.5. The van der Waals surface area contributed by atoms with E-state index in [1.165, 1.54) is 11.3 Å². The van der Waals surface area contributed by atoms with E-state index in [1.54, 1.807) is 5.51 Å². The normalized spacial score (nSPS) is 10.2. The number of aromatic nitrogens is 4. The fourth-order valence-electron chi connectivity index (χ4n) is 1.14. The maximum Gasteiger partial charge on any atom is 0.342 e. The van der Waals surface area contributed by atoms with Crippen LogP contribution >= 0.6 is 11.3 Å². The SMILES string of the molecule is O=c1[nH]nc(NCCc2cscn2)c(=O)[nH]1. The molecular weight excluding hydrogens is 230 g/mol. The van der Waals surface area contributed by atoms with Crippen molar-refractivity contribution in [2.45, 2.75) is 6.42 Å². The molecule has 7 nitrogen and oxygen atoms in total. The molecule has 0 amide bonds. The summed E-state index contributed by atoms with van der Waals surface area (Å²) in [6.45, 7) is 0.534. The van der Waals surface area contributed by atoms with Crippen LogP contribution in [-0.4, -0.2) is 26.7 Å². The van der Waals surface area contributed by atoms with Gasteiger partial charge in [-0.2, -0.15) is 0 Å². The molecule has 0 bridgehead atoms. The van der Waals surface area contributed by atoms with Gasteiger partial charge in [0, 0.05) is 18.3 Å². The lowest BCUT2D eigenvalue weighted by atomic mass is 10.3. The second-order valence-electron chi connectivity index (χ2n) is 3.01. The summed E-state index contributed by atoms with van der Waals surface area (Å²) in [5.74, 6) is 0.106. The summed E-state index contributed by atoms with van der Waals surface area (Å²) in [7, 11) is 0. The Hall–Kier alpha value is -1.96. The molecule has 0 spiro atoms. The lowest BCUT2D eigenvalue weighted by Gasteiger charge is -2.01. The first kappa shape index (κ1) is 10.6. The molecule has 0 aliphatic carbocycles. The van der Waals surface area contributed by atoms with E-state index in [1.807, 2.05) is 5.38 Å². The molecule has 0 atom stereocenters. The molecule has 0 fully saturated rings. The van der Waals surface area contributed by atoms with Crippen molar-refractivity contribution in [3.8, 4) is 0 Å². The molecule has 0 aliphatic rings. The van der Waals surface area contributed by atoms with E-state index in [0.29, 0.717) is 13.0 Å². The minimum Gasteiger partial charge on any atom is -0.364 e. The first-order valence-corrected chi connectivity index (χ1v) is 5.50. The number of anilines is 1. The monoisotopic (exact) mass is 239 g/mol. The van der Waals surface area contributed by atoms with Crippen LogP contribution in [-0.2, 0) is 6.42 Å². The van der Waals surface area contributed by atoms with Gasteiger partial charge in [0.1, 0.15) is 0 Å². The zero-order valence-electron chi connectivity index (χ0n) is 8.19. The highest BCUT2D eigenvalue weighted by atomic mass is 32.1. The summed E-state index contributed by atoms with van der Waals surface area (Å²) < 4.78 is 0. The van der Waals surface area contributed by atoms with Crippen LogP contribution in [0.3, 0.4) is 0 Å². The van der Waals surface area contributed by atoms with Gasteiger partial charge >= 0.3 is 5.69 Å². The minimum atomic E-state index is -0.616. The topological polar surface area (TPSA) is 104 Å². The third-order valence-corrected chi connectivity index (χ3v) is 2.50. The first-order valence-electron chi connectivity index (χ1n) is 4.55. The Kier molecular flexibility index (Phi) is 3.10. The van der Waals surface area contributed by atoms with Crippen LogP contribution in [0.1, 0.15) is 5.69 Å². The Balaban J connectivity index is 1.95. The fraction of sp³-hybridized carbons (Fsp3) is 0.250. The molecule has 0 saturated carbocycles. The molecule has 0 aromatic carbocycles. The van der Waals surface area contributed by atoms with Crippen molar-refractivity contribution in [1.29, 1.82) is 0 Å². The van der Waals surface area contributed by atoms with Crippen LogP contribution in [0.15, 0.2) is 20.5 Å². The molecule has 16 heavy (non-hydrogen) atoms. The van der Waals surface area contributed by atoms with Gasteiger partial charge < -0.3 is 5.32 Å². The number of aromatic amines is 2. The maximum atomic E-state index is 11.2. The minimum absolute atomic E-state index is 0.106. The van der Waals surface area contributed by atoms with Gasteiger partial charge in [-0.15, -0.1) is 16.4 Å². The summed E-state index contributed by atoms with van der Waals surface area (Å²) >= 11 is 1.52. The van der Waals surface area contributed by atoms with Crippen molar-refractivity contribution in [1.82, 2.24) is 20.2 Å². The summed E-state index contributed by atoms with van der Waals surface area (Å²) in [6.07, 6.45) is 0.698. The quantitative estimate of drug-likeness (QED) is 0.671. The van der Waals surface area contributed by atoms with E-state index < -0.39 is 11.2 Å². The van der Waals surface area contributed by atoms with Gasteiger partial charge in [0.25, 0.3) is 5.56 Å². The standard InChI is InChI=1S/C8H9N5O2S/c14-7-6(12-13-8(15)11-7)9-2-1-5-3-16-4-10-5/h3-4H,1-2H2,(H,9,12)(H2,11,13,14,15). The van der Waals surface area contributed by atoms with E-state index in [-0.39, 0.29) is 5.82 Å². The maximum absolute atomic E-state index is 11.2. The highest BCUT2D eigenvalue weighted by Crippen LogP contribution is 2.01. The molecule has 2 aromatic heterocycles. The van der Waals surface area contributed by atoms with Gasteiger partial charge in [-0.1, -0.05) is 0 Å². The Morgan fingerprint density at radius 1 is 1.44 bits per heavy atom. The summed E-state index contributed by atoms with van der Waals surface area (Å²) in [4.78, 5) is 28.1. The zero-order chi connectivity index (χ0) is 11.4. The molecule has 0 saturated heterocycles. The molecule has 8 heteroatoms. The van der Waals surface area contributed by atoms with Crippen LogP contribution in [0.4, 0.5) is 5.82 Å². The number of nitrogens with zero attached hydrogens (tertiary/aromatic N) is 2. The van der Waals surface area contributed by atoms with Gasteiger partial charge in [0.05, 0.1) is 11.2 Å². The van der Waals surface area contributed by atoms with Crippen LogP contribution in [0.25, 0.3) is 0 Å². The molecule has 2 rings (SSSR count). The zero-order valence-corrected chi connectivity index (χ0v) is 9.00. The van der Waals surface area contributed by atoms with Crippen LogP contribution in [0.2, 0.25) is 0 Å². The smallest absolute Gasteiger partial charge is 0.342 e. The Bertz CT molecular complexity index is 558. The second-order valence-corrected chi connectivity index (χ2v) is 3.73. The van der Waals surface area contributed by atoms with E-state index >= 15 is 0 Å². The molecule has 0 unspecified atom stereocenters. The van der Waals surface area contributed by atoms with Crippen LogP contribution < -0.4 is 16.6 Å². The van der Waals surface area contributed by atoms with Gasteiger partial charge in [-0.05, 0) is 0 Å². The lowest BCUT2D eigenvalue weighted by Crippen LogP contribution is -2.27. The van der Waals surface area contributed by atoms with Crippen LogP contribution in [0, 0.1) is 0 Å². The average molecular weight is 239 g/mol. The lowest BCUT2D eigenvalue weighted by molar-refractivity contribution is 0.873. The van der Waals surface area contributed by atoms with E-state index in [0.717, 1.165) is 5.69 Å².